The third-order valence-electron chi connectivity index (χ3n) is 10.2. The summed E-state index contributed by atoms with van der Waals surface area (Å²) in [5.74, 6) is 0. The molecule has 0 saturated carbocycles. The second kappa shape index (κ2) is 10.2. The minimum Gasteiger partial charge on any atom is -0.135 e. The topological polar surface area (TPSA) is 0 Å². The second-order valence-corrected chi connectivity index (χ2v) is 16.2. The molecule has 0 N–H and O–H groups in total. The van der Waals surface area contributed by atoms with E-state index in [9.17, 15) is 0 Å². The molecule has 10 rings (SSSR count). The average molecular weight is 649 g/mol. The quantitative estimate of drug-likeness (QED) is 0.164. The van der Waals surface area contributed by atoms with Crippen LogP contribution in [0.5, 0.6) is 0 Å². The van der Waals surface area contributed by atoms with Gasteiger partial charge in [0.05, 0.1) is 0 Å². The molecule has 0 aliphatic carbocycles. The summed E-state index contributed by atoms with van der Waals surface area (Å²) in [6, 6.07) is 52.6. The van der Waals surface area contributed by atoms with E-state index in [0.717, 1.165) is 0 Å². The number of thiophene rings is 2. The van der Waals surface area contributed by atoms with Gasteiger partial charge in [0.15, 0.2) is 0 Å². The lowest BCUT2D eigenvalue weighted by molar-refractivity contribution is 0.591. The molecule has 2 aromatic heterocycles. The molecule has 0 aliphatic heterocycles. The van der Waals surface area contributed by atoms with Crippen molar-refractivity contribution in [1.29, 1.82) is 0 Å². The maximum absolute atomic E-state index is 2.46. The molecule has 2 heterocycles. The average Bonchev–Trinajstić information content (AvgIpc) is 3.69. The van der Waals surface area contributed by atoms with Gasteiger partial charge in [-0.3, -0.25) is 0 Å². The second-order valence-electron chi connectivity index (χ2n) is 14.1. The van der Waals surface area contributed by atoms with Crippen molar-refractivity contribution >= 4 is 95.3 Å². The van der Waals surface area contributed by atoms with Crippen LogP contribution in [0.1, 0.15) is 26.3 Å². The van der Waals surface area contributed by atoms with Gasteiger partial charge in [-0.1, -0.05) is 130 Å². The maximum atomic E-state index is 2.46. The zero-order valence-corrected chi connectivity index (χ0v) is 28.7. The highest BCUT2D eigenvalue weighted by Crippen LogP contribution is 2.45. The molecule has 0 atom stereocenters. The molecule has 0 spiro atoms. The van der Waals surface area contributed by atoms with Gasteiger partial charge in [-0.05, 0) is 95.9 Å². The monoisotopic (exact) mass is 648 g/mol. The highest BCUT2D eigenvalue weighted by atomic mass is 32.1. The Morgan fingerprint density at radius 2 is 0.792 bits per heavy atom. The Bertz CT molecular complexity index is 2930. The number of rotatable bonds is 2. The van der Waals surface area contributed by atoms with Crippen LogP contribution in [-0.4, -0.2) is 0 Å². The fourth-order valence-electron chi connectivity index (χ4n) is 7.76. The van der Waals surface area contributed by atoms with Crippen LogP contribution < -0.4 is 0 Å². The van der Waals surface area contributed by atoms with Gasteiger partial charge in [0.2, 0.25) is 0 Å². The van der Waals surface area contributed by atoms with E-state index < -0.39 is 0 Å². The van der Waals surface area contributed by atoms with E-state index in [0.29, 0.717) is 0 Å². The van der Waals surface area contributed by atoms with Gasteiger partial charge in [-0.25, -0.2) is 0 Å². The maximum Gasteiger partial charge on any atom is 0.0433 e. The fraction of sp³-hybridized carbons (Fsp3) is 0.0870. The SMILES string of the molecule is CC(C)(C)c1ccc2c3cc(-c4cccc5c4sc4ccccc45)ccc3c3ccc(-c4cccc5c4sc4ccccc45)cc3c2c1. The Hall–Kier alpha value is -5.02. The third-order valence-corrected chi connectivity index (χ3v) is 12.7. The van der Waals surface area contributed by atoms with Crippen LogP contribution >= 0.6 is 22.7 Å². The third kappa shape index (κ3) is 4.13. The minimum absolute atomic E-state index is 0.0500. The van der Waals surface area contributed by atoms with E-state index in [1.807, 2.05) is 22.7 Å². The highest BCUT2D eigenvalue weighted by Gasteiger charge is 2.19. The van der Waals surface area contributed by atoms with Gasteiger partial charge < -0.3 is 0 Å². The number of benzene rings is 8. The lowest BCUT2D eigenvalue weighted by Gasteiger charge is -2.21. The first kappa shape index (κ1) is 28.0. The van der Waals surface area contributed by atoms with Crippen molar-refractivity contribution in [2.45, 2.75) is 26.2 Å². The Labute approximate surface area is 287 Å². The molecule has 0 amide bonds. The molecule has 0 unspecified atom stereocenters. The summed E-state index contributed by atoms with van der Waals surface area (Å²) in [4.78, 5) is 0. The largest absolute Gasteiger partial charge is 0.135 e. The predicted octanol–water partition coefficient (Wildman–Crippen LogP) is 14.5. The molecule has 0 nitrogen and oxygen atoms in total. The summed E-state index contributed by atoms with van der Waals surface area (Å²) in [5, 5.41) is 13.2. The van der Waals surface area contributed by atoms with Crippen molar-refractivity contribution in [2.24, 2.45) is 0 Å². The molecular formula is C46H32S2. The van der Waals surface area contributed by atoms with E-state index in [1.165, 1.54) is 100 Å². The lowest BCUT2D eigenvalue weighted by atomic mass is 9.83. The summed E-state index contributed by atoms with van der Waals surface area (Å²) in [6.07, 6.45) is 0. The van der Waals surface area contributed by atoms with Crippen LogP contribution in [-0.2, 0) is 5.41 Å². The first-order chi connectivity index (χ1) is 23.4. The molecule has 0 radical (unpaired) electrons. The van der Waals surface area contributed by atoms with Crippen LogP contribution in [0.3, 0.4) is 0 Å². The summed E-state index contributed by atoms with van der Waals surface area (Å²) < 4.78 is 5.40. The molecule has 0 bridgehead atoms. The molecule has 228 valence electrons. The van der Waals surface area contributed by atoms with E-state index in [4.69, 9.17) is 0 Å². The summed E-state index contributed by atoms with van der Waals surface area (Å²) in [5.41, 5.74) is 6.57. The molecule has 0 saturated heterocycles. The fourth-order valence-corrected chi connectivity index (χ4v) is 10.2. The number of hydrogen-bond donors (Lipinski definition) is 0. The minimum atomic E-state index is 0.0500. The van der Waals surface area contributed by atoms with Gasteiger partial charge in [0.25, 0.3) is 0 Å². The summed E-state index contributed by atoms with van der Waals surface area (Å²) >= 11 is 3.80. The van der Waals surface area contributed by atoms with Crippen LogP contribution in [0, 0.1) is 0 Å². The zero-order chi connectivity index (χ0) is 32.1. The van der Waals surface area contributed by atoms with Crippen LogP contribution in [0.25, 0.3) is 94.9 Å². The van der Waals surface area contributed by atoms with Gasteiger partial charge in [0.1, 0.15) is 0 Å². The van der Waals surface area contributed by atoms with E-state index in [2.05, 4.69) is 160 Å². The number of hydrogen-bond acceptors (Lipinski definition) is 2. The molecule has 48 heavy (non-hydrogen) atoms. The zero-order valence-electron chi connectivity index (χ0n) is 27.1. The van der Waals surface area contributed by atoms with E-state index >= 15 is 0 Å². The first-order valence-electron chi connectivity index (χ1n) is 16.7. The molecule has 10 aromatic rings. The van der Waals surface area contributed by atoms with Crippen molar-refractivity contribution in [3.8, 4) is 22.3 Å². The molecule has 0 aliphatic rings. The molecule has 2 heteroatoms. The summed E-state index contributed by atoms with van der Waals surface area (Å²) in [7, 11) is 0. The standard InChI is InChI=1S/C46H32S2/c1-46(2,3)29-20-23-34-39-24-27(30-12-8-14-37-35-10-4-6-16-42(35)47-44(30)37)18-21-32(39)33-22-19-28(25-40(33)41(34)26-29)31-13-9-15-38-36-11-5-7-17-43(36)48-45(31)38/h4-26H,1-3H3. The Morgan fingerprint density at radius 3 is 1.33 bits per heavy atom. The Kier molecular flexibility index (Phi) is 5.98. The molecule has 8 aromatic carbocycles. The van der Waals surface area contributed by atoms with Crippen LogP contribution in [0.15, 0.2) is 140 Å². The van der Waals surface area contributed by atoms with Crippen molar-refractivity contribution < 1.29 is 0 Å². The van der Waals surface area contributed by atoms with Crippen molar-refractivity contribution in [2.75, 3.05) is 0 Å². The van der Waals surface area contributed by atoms with Gasteiger partial charge in [-0.15, -0.1) is 22.7 Å². The summed E-state index contributed by atoms with van der Waals surface area (Å²) in [6.45, 7) is 6.94. The molecule has 0 fully saturated rings. The lowest BCUT2D eigenvalue weighted by Crippen LogP contribution is -2.10. The van der Waals surface area contributed by atoms with Gasteiger partial charge in [0, 0.05) is 40.3 Å². The Morgan fingerprint density at radius 1 is 0.354 bits per heavy atom. The Balaban J connectivity index is 1.25. The van der Waals surface area contributed by atoms with Crippen molar-refractivity contribution in [3.05, 3.63) is 145 Å². The normalized spacial score (nSPS) is 12.5. The van der Waals surface area contributed by atoms with Crippen molar-refractivity contribution in [1.82, 2.24) is 0 Å². The number of fused-ring (bicyclic) bond motifs is 12. The van der Waals surface area contributed by atoms with Gasteiger partial charge in [-0.2, -0.15) is 0 Å². The van der Waals surface area contributed by atoms with E-state index in [-0.39, 0.29) is 5.41 Å². The first-order valence-corrected chi connectivity index (χ1v) is 18.3. The smallest absolute Gasteiger partial charge is 0.0433 e. The van der Waals surface area contributed by atoms with E-state index in [1.54, 1.807) is 0 Å². The molecular weight excluding hydrogens is 617 g/mol. The van der Waals surface area contributed by atoms with Crippen LogP contribution in [0.2, 0.25) is 0 Å². The highest BCUT2D eigenvalue weighted by molar-refractivity contribution is 7.26. The van der Waals surface area contributed by atoms with Crippen LogP contribution in [0.4, 0.5) is 0 Å². The predicted molar refractivity (Wildman–Crippen MR) is 214 cm³/mol. The van der Waals surface area contributed by atoms with Gasteiger partial charge >= 0.3 is 0 Å². The van der Waals surface area contributed by atoms with Crippen molar-refractivity contribution in [3.63, 3.8) is 0 Å².